The van der Waals surface area contributed by atoms with Gasteiger partial charge in [-0.1, -0.05) is 31.4 Å². The molecule has 0 bridgehead atoms. The van der Waals surface area contributed by atoms with Crippen molar-refractivity contribution in [3.8, 4) is 5.82 Å². The van der Waals surface area contributed by atoms with Crippen LogP contribution in [-0.4, -0.2) is 56.4 Å². The summed E-state index contributed by atoms with van der Waals surface area (Å²) in [6.45, 7) is 0.332. The first-order chi connectivity index (χ1) is 21.4. The Balaban J connectivity index is 1.16. The van der Waals surface area contributed by atoms with Crippen molar-refractivity contribution in [1.82, 2.24) is 20.1 Å². The zero-order chi connectivity index (χ0) is 30.3. The fourth-order valence-corrected chi connectivity index (χ4v) is 6.34. The third-order valence-electron chi connectivity index (χ3n) is 8.62. The summed E-state index contributed by atoms with van der Waals surface area (Å²) in [5.74, 6) is -1.11. The number of hydrogen-bond donors (Lipinski definition) is 3. The van der Waals surface area contributed by atoms with E-state index in [4.69, 9.17) is 14.3 Å². The molecule has 5 aromatic rings. The minimum atomic E-state index is -1.29. The molecule has 1 saturated carbocycles. The topological polar surface area (TPSA) is 149 Å². The normalized spacial score (nSPS) is 18.9. The number of rotatable bonds is 7. The van der Waals surface area contributed by atoms with E-state index in [-0.39, 0.29) is 12.4 Å². The maximum absolute atomic E-state index is 13.6. The molecule has 4 heterocycles. The van der Waals surface area contributed by atoms with Gasteiger partial charge in [-0.2, -0.15) is 5.10 Å². The van der Waals surface area contributed by atoms with Crippen LogP contribution in [0.15, 0.2) is 71.3 Å². The Labute approximate surface area is 252 Å². The van der Waals surface area contributed by atoms with Crippen LogP contribution in [0.2, 0.25) is 0 Å². The predicted octanol–water partition coefficient (Wildman–Crippen LogP) is 5.44. The Morgan fingerprint density at radius 3 is 2.61 bits per heavy atom. The van der Waals surface area contributed by atoms with Crippen molar-refractivity contribution in [1.29, 1.82) is 0 Å². The molecular formula is C33H31N5O6. The van der Waals surface area contributed by atoms with Crippen LogP contribution in [0.1, 0.15) is 71.0 Å². The number of nitrogens with zero attached hydrogens (tertiary/aromatic N) is 3. The summed E-state index contributed by atoms with van der Waals surface area (Å²) in [5.41, 5.74) is 1.75. The third kappa shape index (κ3) is 5.09. The quantitative estimate of drug-likeness (QED) is 0.226. The number of amides is 2. The lowest BCUT2D eigenvalue weighted by Crippen LogP contribution is -2.57. The van der Waals surface area contributed by atoms with Gasteiger partial charge in [0.15, 0.2) is 5.82 Å². The van der Waals surface area contributed by atoms with Gasteiger partial charge in [0.2, 0.25) is 5.76 Å². The van der Waals surface area contributed by atoms with Gasteiger partial charge < -0.3 is 24.9 Å². The highest BCUT2D eigenvalue weighted by Gasteiger charge is 2.44. The largest absolute Gasteiger partial charge is 0.475 e. The lowest BCUT2D eigenvalue weighted by atomic mass is 9.85. The molecule has 1 atom stereocenters. The maximum atomic E-state index is 13.6. The Morgan fingerprint density at radius 2 is 1.86 bits per heavy atom. The van der Waals surface area contributed by atoms with Crippen LogP contribution in [0.4, 0.5) is 5.69 Å². The number of pyridine rings is 1. The van der Waals surface area contributed by atoms with Gasteiger partial charge in [-0.25, -0.2) is 14.5 Å². The van der Waals surface area contributed by atoms with Crippen molar-refractivity contribution in [2.45, 2.75) is 50.0 Å². The van der Waals surface area contributed by atoms with E-state index in [0.717, 1.165) is 29.7 Å². The van der Waals surface area contributed by atoms with Crippen LogP contribution in [0, 0.1) is 0 Å². The zero-order valence-electron chi connectivity index (χ0n) is 23.9. The van der Waals surface area contributed by atoms with Gasteiger partial charge in [-0.3, -0.25) is 9.59 Å². The smallest absolute Gasteiger partial charge is 0.371 e. The van der Waals surface area contributed by atoms with E-state index in [1.54, 1.807) is 36.5 Å². The number of carbonyl (C=O) groups excluding carboxylic acids is 2. The van der Waals surface area contributed by atoms with Crippen molar-refractivity contribution in [3.63, 3.8) is 0 Å². The van der Waals surface area contributed by atoms with E-state index in [9.17, 15) is 19.5 Å². The Bertz CT molecular complexity index is 1880. The number of ether oxygens (including phenoxy) is 1. The van der Waals surface area contributed by atoms with Crippen molar-refractivity contribution >= 4 is 45.3 Å². The highest BCUT2D eigenvalue weighted by molar-refractivity contribution is 6.06. The van der Waals surface area contributed by atoms with Gasteiger partial charge in [0, 0.05) is 47.2 Å². The molecule has 3 aromatic heterocycles. The molecule has 2 amide bonds. The predicted molar refractivity (Wildman–Crippen MR) is 162 cm³/mol. The van der Waals surface area contributed by atoms with Crippen LogP contribution >= 0.6 is 0 Å². The molecule has 2 fully saturated rings. The number of aromatic nitrogens is 3. The molecule has 0 spiro atoms. The van der Waals surface area contributed by atoms with Gasteiger partial charge in [-0.05, 0) is 61.4 Å². The molecule has 11 nitrogen and oxygen atoms in total. The number of carbonyl (C=O) groups is 3. The summed E-state index contributed by atoms with van der Waals surface area (Å²) in [5, 5.41) is 21.5. The summed E-state index contributed by atoms with van der Waals surface area (Å²) in [7, 11) is 0. The molecule has 224 valence electrons. The van der Waals surface area contributed by atoms with Crippen LogP contribution in [-0.2, 0) is 9.53 Å². The third-order valence-corrected chi connectivity index (χ3v) is 8.62. The standard InChI is InChI=1S/C33H31N5O6/c39-30(36-33(13-15-43-19-33)32(42)35-23-10-12-26-22(16-23)18-27(44-26)31(40)41)21-9-11-24-25(17-21)37-38(28-8-4-5-14-34-28)29(24)20-6-2-1-3-7-20/h4-5,8-12,14,16-18,20H,1-3,6-7,13,15,19H2,(H,35,42)(H,36,39)(H,40,41)/t33-/m0/s1. The molecule has 0 unspecified atom stereocenters. The van der Waals surface area contributed by atoms with E-state index in [2.05, 4.69) is 15.6 Å². The highest BCUT2D eigenvalue weighted by atomic mass is 16.5. The average molecular weight is 594 g/mol. The Hall–Kier alpha value is -5.03. The number of aromatic carboxylic acids is 1. The minimum Gasteiger partial charge on any atom is -0.475 e. The second kappa shape index (κ2) is 11.2. The van der Waals surface area contributed by atoms with E-state index < -0.39 is 23.3 Å². The fourth-order valence-electron chi connectivity index (χ4n) is 6.34. The molecule has 2 aliphatic rings. The molecule has 0 radical (unpaired) electrons. The lowest BCUT2D eigenvalue weighted by molar-refractivity contribution is -0.122. The van der Waals surface area contributed by atoms with Crippen molar-refractivity contribution in [2.75, 3.05) is 18.5 Å². The van der Waals surface area contributed by atoms with Crippen LogP contribution in [0.5, 0.6) is 0 Å². The molecule has 44 heavy (non-hydrogen) atoms. The molecule has 1 aliphatic heterocycles. The monoisotopic (exact) mass is 593 g/mol. The second-order valence-electron chi connectivity index (χ2n) is 11.5. The second-order valence-corrected chi connectivity index (χ2v) is 11.5. The van der Waals surface area contributed by atoms with Crippen LogP contribution < -0.4 is 10.6 Å². The summed E-state index contributed by atoms with van der Waals surface area (Å²) in [6, 6.07) is 17.5. The summed E-state index contributed by atoms with van der Waals surface area (Å²) in [6.07, 6.45) is 7.80. The van der Waals surface area contributed by atoms with E-state index in [0.29, 0.717) is 46.7 Å². The number of nitrogens with one attached hydrogen (secondary N) is 2. The number of anilines is 1. The van der Waals surface area contributed by atoms with Gasteiger partial charge in [0.05, 0.1) is 17.8 Å². The number of carboxylic acid groups (broad SMARTS) is 1. The van der Waals surface area contributed by atoms with Gasteiger partial charge in [0.1, 0.15) is 11.1 Å². The van der Waals surface area contributed by atoms with Gasteiger partial charge in [0.25, 0.3) is 11.8 Å². The number of fused-ring (bicyclic) bond motifs is 2. The summed E-state index contributed by atoms with van der Waals surface area (Å²) in [4.78, 5) is 43.1. The van der Waals surface area contributed by atoms with Crippen LogP contribution in [0.25, 0.3) is 27.7 Å². The van der Waals surface area contributed by atoms with E-state index in [1.165, 1.54) is 25.3 Å². The first kappa shape index (κ1) is 27.8. The molecule has 7 rings (SSSR count). The maximum Gasteiger partial charge on any atom is 0.371 e. The van der Waals surface area contributed by atoms with Gasteiger partial charge in [-0.15, -0.1) is 0 Å². The SMILES string of the molecule is O=C(N[C@@]1(C(=O)Nc2ccc3oc(C(=O)O)cc3c2)CCOC1)c1ccc2c(C3CCCCC3)n(-c3ccccn3)nc2c1. The van der Waals surface area contributed by atoms with E-state index in [1.807, 2.05) is 28.9 Å². The molecule has 1 saturated heterocycles. The molecule has 2 aromatic carbocycles. The minimum absolute atomic E-state index is 0.0179. The number of carboxylic acids is 1. The molecule has 1 aliphatic carbocycles. The molecular weight excluding hydrogens is 562 g/mol. The average Bonchev–Trinajstić information content (AvgIpc) is 3.79. The lowest BCUT2D eigenvalue weighted by Gasteiger charge is -2.27. The number of hydrogen-bond acceptors (Lipinski definition) is 7. The van der Waals surface area contributed by atoms with Gasteiger partial charge >= 0.3 is 5.97 Å². The number of furan rings is 1. The first-order valence-corrected chi connectivity index (χ1v) is 14.8. The van der Waals surface area contributed by atoms with E-state index >= 15 is 0 Å². The number of benzene rings is 2. The van der Waals surface area contributed by atoms with Crippen molar-refractivity contribution in [3.05, 3.63) is 83.9 Å². The Morgan fingerprint density at radius 1 is 1.00 bits per heavy atom. The highest BCUT2D eigenvalue weighted by Crippen LogP contribution is 2.38. The zero-order valence-corrected chi connectivity index (χ0v) is 23.9. The molecule has 11 heteroatoms. The van der Waals surface area contributed by atoms with Crippen molar-refractivity contribution in [2.24, 2.45) is 0 Å². The summed E-state index contributed by atoms with van der Waals surface area (Å²) < 4.78 is 12.8. The van der Waals surface area contributed by atoms with Crippen molar-refractivity contribution < 1.29 is 28.6 Å². The summed E-state index contributed by atoms with van der Waals surface area (Å²) >= 11 is 0. The first-order valence-electron chi connectivity index (χ1n) is 14.8. The Kier molecular flexibility index (Phi) is 7.09. The fraction of sp³-hybridized carbons (Fsp3) is 0.303. The molecule has 3 N–H and O–H groups in total. The van der Waals surface area contributed by atoms with Crippen LogP contribution in [0.3, 0.4) is 0 Å².